The fraction of sp³-hybridized carbons (Fsp3) is 0.125. The molecule has 0 radical (unpaired) electrons. The van der Waals surface area contributed by atoms with Crippen molar-refractivity contribution in [1.82, 2.24) is 14.8 Å². The third kappa shape index (κ3) is 4.92. The largest absolute Gasteiger partial charge is 0.497 e. The van der Waals surface area contributed by atoms with Crippen LogP contribution in [0.4, 0.5) is 5.95 Å². The lowest BCUT2D eigenvalue weighted by Crippen LogP contribution is -2.18. The van der Waals surface area contributed by atoms with Gasteiger partial charge in [-0.1, -0.05) is 60.1 Å². The lowest BCUT2D eigenvalue weighted by Gasteiger charge is -2.08. The molecule has 0 amide bonds. The highest BCUT2D eigenvalue weighted by atomic mass is 35.5. The number of halogens is 1. The monoisotopic (exact) mass is 432 g/mol. The highest BCUT2D eigenvalue weighted by Gasteiger charge is 2.18. The minimum absolute atomic E-state index is 0.180. The van der Waals surface area contributed by atoms with Gasteiger partial charge in [-0.05, 0) is 41.5 Å². The average Bonchev–Trinajstić information content (AvgIpc) is 3.24. The number of rotatable bonds is 7. The Kier molecular flexibility index (Phi) is 6.29. The van der Waals surface area contributed by atoms with E-state index in [-0.39, 0.29) is 12.3 Å². The van der Waals surface area contributed by atoms with E-state index in [9.17, 15) is 4.79 Å². The molecule has 0 saturated carbocycles. The van der Waals surface area contributed by atoms with Crippen molar-refractivity contribution >= 4 is 23.5 Å². The van der Waals surface area contributed by atoms with Crippen LogP contribution in [0, 0.1) is 0 Å². The van der Waals surface area contributed by atoms with Crippen molar-refractivity contribution in [3.63, 3.8) is 0 Å². The van der Waals surface area contributed by atoms with Crippen molar-refractivity contribution in [3.8, 4) is 17.1 Å². The minimum atomic E-state index is -0.180. The normalized spacial score (nSPS) is 10.6. The number of nitrogens with zero attached hydrogens (tertiary/aromatic N) is 3. The molecule has 3 aromatic carbocycles. The van der Waals surface area contributed by atoms with Crippen LogP contribution in [0.3, 0.4) is 0 Å². The third-order valence-electron chi connectivity index (χ3n) is 4.78. The summed E-state index contributed by atoms with van der Waals surface area (Å²) in [6, 6.07) is 24.5. The Balaban J connectivity index is 1.64. The van der Waals surface area contributed by atoms with Gasteiger partial charge in [0.1, 0.15) is 5.75 Å². The van der Waals surface area contributed by atoms with E-state index in [0.29, 0.717) is 23.3 Å². The summed E-state index contributed by atoms with van der Waals surface area (Å²) < 4.78 is 6.54. The van der Waals surface area contributed by atoms with Crippen LogP contribution in [-0.4, -0.2) is 27.8 Å². The number of nitrogens with one attached hydrogen (secondary N) is 1. The first-order valence-electron chi connectivity index (χ1n) is 9.80. The molecule has 0 atom stereocenters. The van der Waals surface area contributed by atoms with Gasteiger partial charge in [0.2, 0.25) is 5.95 Å². The second kappa shape index (κ2) is 9.45. The molecule has 1 heterocycles. The van der Waals surface area contributed by atoms with E-state index in [4.69, 9.17) is 16.3 Å². The van der Waals surface area contributed by atoms with E-state index in [1.54, 1.807) is 7.11 Å². The maximum atomic E-state index is 13.0. The van der Waals surface area contributed by atoms with Crippen molar-refractivity contribution in [1.29, 1.82) is 0 Å². The molecule has 31 heavy (non-hydrogen) atoms. The van der Waals surface area contributed by atoms with Crippen LogP contribution in [-0.2, 0) is 13.0 Å². The number of carbonyl (C=O) groups excluding carboxylic acids is 1. The molecule has 7 heteroatoms. The van der Waals surface area contributed by atoms with Crippen molar-refractivity contribution in [3.05, 3.63) is 95.0 Å². The predicted molar refractivity (Wildman–Crippen MR) is 122 cm³/mol. The number of carbonyl (C=O) groups is 1. The van der Waals surface area contributed by atoms with E-state index in [1.165, 1.54) is 4.68 Å². The topological polar surface area (TPSA) is 69.0 Å². The predicted octanol–water partition coefficient (Wildman–Crippen LogP) is 5.10. The van der Waals surface area contributed by atoms with Crippen molar-refractivity contribution in [2.45, 2.75) is 13.0 Å². The Morgan fingerprint density at radius 2 is 1.71 bits per heavy atom. The SMILES string of the molecule is COc1ccc(-c2nc(NCc3ccccc3Cl)n(C(=O)Cc3ccccc3)n2)cc1. The number of ether oxygens (including phenoxy) is 1. The van der Waals surface area contributed by atoms with Crippen LogP contribution in [0.1, 0.15) is 15.9 Å². The summed E-state index contributed by atoms with van der Waals surface area (Å²) in [5, 5.41) is 8.34. The first-order valence-corrected chi connectivity index (χ1v) is 10.2. The van der Waals surface area contributed by atoms with Gasteiger partial charge in [-0.25, -0.2) is 0 Å². The fourth-order valence-corrected chi connectivity index (χ4v) is 3.33. The highest BCUT2D eigenvalue weighted by Crippen LogP contribution is 2.23. The summed E-state index contributed by atoms with van der Waals surface area (Å²) in [5.41, 5.74) is 2.60. The number of methoxy groups -OCH3 is 1. The van der Waals surface area contributed by atoms with E-state index in [1.807, 2.05) is 78.9 Å². The number of aromatic nitrogens is 3. The molecule has 0 bridgehead atoms. The number of anilines is 1. The maximum Gasteiger partial charge on any atom is 0.254 e. The third-order valence-corrected chi connectivity index (χ3v) is 5.15. The zero-order valence-corrected chi connectivity index (χ0v) is 17.7. The Bertz CT molecular complexity index is 1170. The van der Waals surface area contributed by atoms with Gasteiger partial charge in [-0.2, -0.15) is 9.67 Å². The van der Waals surface area contributed by atoms with Gasteiger partial charge in [0.15, 0.2) is 5.82 Å². The summed E-state index contributed by atoms with van der Waals surface area (Å²) in [6.07, 6.45) is 0.215. The molecular weight excluding hydrogens is 412 g/mol. The van der Waals surface area contributed by atoms with Gasteiger partial charge >= 0.3 is 0 Å². The highest BCUT2D eigenvalue weighted by molar-refractivity contribution is 6.31. The van der Waals surface area contributed by atoms with Crippen LogP contribution in [0.5, 0.6) is 5.75 Å². The second-order valence-electron chi connectivity index (χ2n) is 6.90. The Morgan fingerprint density at radius 3 is 2.42 bits per heavy atom. The molecule has 4 rings (SSSR count). The average molecular weight is 433 g/mol. The maximum absolute atomic E-state index is 13.0. The van der Waals surface area contributed by atoms with Crippen molar-refractivity contribution in [2.24, 2.45) is 0 Å². The lowest BCUT2D eigenvalue weighted by atomic mass is 10.1. The zero-order valence-electron chi connectivity index (χ0n) is 17.0. The van der Waals surface area contributed by atoms with Gasteiger partial charge in [-0.3, -0.25) is 4.79 Å². The van der Waals surface area contributed by atoms with Gasteiger partial charge in [-0.15, -0.1) is 5.10 Å². The van der Waals surface area contributed by atoms with Crippen LogP contribution < -0.4 is 10.1 Å². The Labute approximate surface area is 185 Å². The number of hydrogen-bond donors (Lipinski definition) is 1. The second-order valence-corrected chi connectivity index (χ2v) is 7.31. The summed E-state index contributed by atoms with van der Waals surface area (Å²) >= 11 is 6.27. The molecule has 0 aliphatic heterocycles. The van der Waals surface area contributed by atoms with Crippen LogP contribution >= 0.6 is 11.6 Å². The Morgan fingerprint density at radius 1 is 1.00 bits per heavy atom. The van der Waals surface area contributed by atoms with Crippen LogP contribution in [0.15, 0.2) is 78.9 Å². The van der Waals surface area contributed by atoms with Crippen molar-refractivity contribution in [2.75, 3.05) is 12.4 Å². The van der Waals surface area contributed by atoms with Crippen molar-refractivity contribution < 1.29 is 9.53 Å². The quantitative estimate of drug-likeness (QED) is 0.440. The molecule has 1 N–H and O–H groups in total. The molecule has 0 aliphatic carbocycles. The molecular formula is C24H21ClN4O2. The lowest BCUT2D eigenvalue weighted by molar-refractivity contribution is 0.0901. The van der Waals surface area contributed by atoms with Gasteiger partial charge in [0.25, 0.3) is 5.91 Å². The summed E-state index contributed by atoms with van der Waals surface area (Å²) in [6.45, 7) is 0.416. The molecule has 0 unspecified atom stereocenters. The summed E-state index contributed by atoms with van der Waals surface area (Å²) in [4.78, 5) is 17.6. The molecule has 1 aromatic heterocycles. The van der Waals surface area contributed by atoms with Crippen LogP contribution in [0.25, 0.3) is 11.4 Å². The Hall–Kier alpha value is -3.64. The van der Waals surface area contributed by atoms with Gasteiger partial charge in [0.05, 0.1) is 13.5 Å². The smallest absolute Gasteiger partial charge is 0.254 e. The first-order chi connectivity index (χ1) is 15.1. The van der Waals surface area contributed by atoms with E-state index in [2.05, 4.69) is 15.4 Å². The molecule has 0 fully saturated rings. The number of hydrogen-bond acceptors (Lipinski definition) is 5. The fourth-order valence-electron chi connectivity index (χ4n) is 3.12. The molecule has 0 saturated heterocycles. The van der Waals surface area contributed by atoms with E-state index >= 15 is 0 Å². The molecule has 6 nitrogen and oxygen atoms in total. The number of benzene rings is 3. The van der Waals surface area contributed by atoms with E-state index < -0.39 is 0 Å². The summed E-state index contributed by atoms with van der Waals surface area (Å²) in [7, 11) is 1.61. The van der Waals surface area contributed by atoms with Gasteiger partial charge < -0.3 is 10.1 Å². The summed E-state index contributed by atoms with van der Waals surface area (Å²) in [5.74, 6) is 1.37. The standard InChI is InChI=1S/C24H21ClN4O2/c1-31-20-13-11-18(12-14-20)23-27-24(26-16-19-9-5-6-10-21(19)25)29(28-23)22(30)15-17-7-3-2-4-8-17/h2-14H,15-16H2,1H3,(H,26,27,28). The molecule has 0 aliphatic rings. The molecule has 4 aromatic rings. The minimum Gasteiger partial charge on any atom is -0.497 e. The van der Waals surface area contributed by atoms with Gasteiger partial charge in [0, 0.05) is 17.1 Å². The first kappa shape index (κ1) is 20.6. The van der Waals surface area contributed by atoms with E-state index in [0.717, 1.165) is 22.4 Å². The van der Waals surface area contributed by atoms with Crippen LogP contribution in [0.2, 0.25) is 5.02 Å². The zero-order chi connectivity index (χ0) is 21.6. The molecule has 156 valence electrons. The molecule has 0 spiro atoms.